The molecule has 4 heterocycles. The molecule has 196 valence electrons. The van der Waals surface area contributed by atoms with Gasteiger partial charge in [0, 0.05) is 23.5 Å². The van der Waals surface area contributed by atoms with Crippen LogP contribution in [0.3, 0.4) is 0 Å². The van der Waals surface area contributed by atoms with Crippen LogP contribution in [0.15, 0.2) is 107 Å². The van der Waals surface area contributed by atoms with Crippen molar-refractivity contribution in [2.45, 2.75) is 13.0 Å². The van der Waals surface area contributed by atoms with Crippen molar-refractivity contribution in [3.8, 4) is 17.3 Å². The number of anilines is 2. The second-order valence-corrected chi connectivity index (χ2v) is 9.53. The van der Waals surface area contributed by atoms with Gasteiger partial charge in [0.2, 0.25) is 0 Å². The van der Waals surface area contributed by atoms with Crippen molar-refractivity contribution < 1.29 is 9.84 Å². The predicted molar refractivity (Wildman–Crippen MR) is 156 cm³/mol. The minimum absolute atomic E-state index is 0.187. The number of hydrogen-bond acceptors (Lipinski definition) is 8. The molecule has 0 fully saturated rings. The summed E-state index contributed by atoms with van der Waals surface area (Å²) >= 11 is 0. The number of para-hydroxylation sites is 2. The number of pyridine rings is 1. The third-order valence-electron chi connectivity index (χ3n) is 7.02. The summed E-state index contributed by atoms with van der Waals surface area (Å²) in [6, 6.07) is 28.4. The molecule has 3 aromatic carbocycles. The fourth-order valence-corrected chi connectivity index (χ4v) is 5.28. The van der Waals surface area contributed by atoms with E-state index < -0.39 is 0 Å². The van der Waals surface area contributed by atoms with E-state index in [1.165, 1.54) is 0 Å². The van der Waals surface area contributed by atoms with Crippen molar-refractivity contribution in [2.24, 2.45) is 9.98 Å². The zero-order valence-electron chi connectivity index (χ0n) is 21.9. The van der Waals surface area contributed by atoms with E-state index in [-0.39, 0.29) is 11.8 Å². The molecule has 1 atom stereocenters. The number of ether oxygens (including phenoxy) is 1. The molecule has 2 N–H and O–H groups in total. The van der Waals surface area contributed by atoms with Gasteiger partial charge in [0.15, 0.2) is 23.3 Å². The summed E-state index contributed by atoms with van der Waals surface area (Å²) in [5, 5.41) is 18.9. The van der Waals surface area contributed by atoms with Crippen molar-refractivity contribution in [1.82, 2.24) is 14.8 Å². The van der Waals surface area contributed by atoms with Crippen LogP contribution in [0.2, 0.25) is 0 Å². The van der Waals surface area contributed by atoms with Crippen LogP contribution in [0.4, 0.5) is 22.9 Å². The van der Waals surface area contributed by atoms with Crippen LogP contribution in [0, 0.1) is 6.92 Å². The van der Waals surface area contributed by atoms with E-state index in [1.54, 1.807) is 30.1 Å². The summed E-state index contributed by atoms with van der Waals surface area (Å²) in [6.07, 6.45) is 1.74. The maximum absolute atomic E-state index is 10.5. The van der Waals surface area contributed by atoms with Gasteiger partial charge in [-0.15, -0.1) is 0 Å². The molecule has 0 saturated carbocycles. The summed E-state index contributed by atoms with van der Waals surface area (Å²) in [6.45, 7) is 1.98. The van der Waals surface area contributed by atoms with Gasteiger partial charge in [0.25, 0.3) is 0 Å². The van der Waals surface area contributed by atoms with Crippen LogP contribution in [-0.4, -0.2) is 38.7 Å². The predicted octanol–water partition coefficient (Wildman–Crippen LogP) is 6.09. The molecule has 2 aliphatic heterocycles. The Labute approximate surface area is 230 Å². The van der Waals surface area contributed by atoms with Crippen LogP contribution in [0.5, 0.6) is 11.5 Å². The summed E-state index contributed by atoms with van der Waals surface area (Å²) in [4.78, 5) is 16.9. The molecule has 0 amide bonds. The van der Waals surface area contributed by atoms with Crippen molar-refractivity contribution in [1.29, 1.82) is 0 Å². The van der Waals surface area contributed by atoms with Crippen LogP contribution < -0.4 is 15.0 Å². The second-order valence-electron chi connectivity index (χ2n) is 9.53. The number of aromatic nitrogens is 3. The fraction of sp³-hybridized carbons (Fsp3) is 0.0968. The van der Waals surface area contributed by atoms with Gasteiger partial charge in [-0.3, -0.25) is 0 Å². The number of methoxy groups -OCH3 is 1. The highest BCUT2D eigenvalue weighted by molar-refractivity contribution is 6.51. The largest absolute Gasteiger partial charge is 0.508 e. The molecule has 0 saturated heterocycles. The van der Waals surface area contributed by atoms with Gasteiger partial charge in [-0.25, -0.2) is 15.0 Å². The topological polar surface area (TPSA) is 100 Å². The Balaban J connectivity index is 1.49. The van der Waals surface area contributed by atoms with E-state index in [0.717, 1.165) is 39.6 Å². The monoisotopic (exact) mass is 527 g/mol. The Kier molecular flexibility index (Phi) is 5.55. The average Bonchev–Trinajstić information content (AvgIpc) is 3.32. The fourth-order valence-electron chi connectivity index (χ4n) is 5.28. The highest BCUT2D eigenvalue weighted by atomic mass is 16.5. The zero-order chi connectivity index (χ0) is 27.2. The molecule has 2 aliphatic rings. The molecule has 0 aliphatic carbocycles. The summed E-state index contributed by atoms with van der Waals surface area (Å²) in [5.74, 6) is 3.44. The normalized spacial score (nSPS) is 15.3. The number of phenolic OH excluding ortho intramolecular Hbond substituents is 1. The Morgan fingerprint density at radius 3 is 2.58 bits per heavy atom. The Morgan fingerprint density at radius 1 is 0.900 bits per heavy atom. The molecule has 5 aromatic rings. The molecule has 0 bridgehead atoms. The third-order valence-corrected chi connectivity index (χ3v) is 7.02. The molecule has 0 unspecified atom stereocenters. The lowest BCUT2D eigenvalue weighted by Crippen LogP contribution is -2.46. The van der Waals surface area contributed by atoms with Crippen molar-refractivity contribution >= 4 is 34.6 Å². The second kappa shape index (κ2) is 9.39. The Bertz CT molecular complexity index is 1810. The maximum Gasteiger partial charge on any atom is 0.179 e. The van der Waals surface area contributed by atoms with Crippen LogP contribution in [0.1, 0.15) is 22.9 Å². The standard InChI is InChI=1S/C31H25N7O2/c1-19-27-28(20-9-7-11-22(39)17-20)37-25-14-4-3-13-24(25)34-29(33-21-10-8-12-23(18-21)40-2)31(37)35-30(27)38(36-19)26-15-5-6-16-32-26/h3-18,28,39H,1-2H3,(H,33,34)/t28-/m1/s1. The molecule has 0 radical (unpaired) electrons. The maximum atomic E-state index is 10.5. The number of aromatic hydroxyl groups is 1. The number of hydrogen-bond donors (Lipinski definition) is 2. The number of nitrogens with one attached hydrogen (secondary N) is 1. The average molecular weight is 528 g/mol. The highest BCUT2D eigenvalue weighted by Gasteiger charge is 2.41. The lowest BCUT2D eigenvalue weighted by molar-refractivity contribution is 0.415. The van der Waals surface area contributed by atoms with Gasteiger partial charge in [0.1, 0.15) is 11.5 Å². The first-order valence-corrected chi connectivity index (χ1v) is 12.9. The van der Waals surface area contributed by atoms with Gasteiger partial charge in [-0.2, -0.15) is 9.78 Å². The minimum Gasteiger partial charge on any atom is -0.508 e. The minimum atomic E-state index is -0.342. The molecular weight excluding hydrogens is 502 g/mol. The molecule has 9 nitrogen and oxygen atoms in total. The van der Waals surface area contributed by atoms with Gasteiger partial charge >= 0.3 is 0 Å². The number of amidine groups is 2. The number of benzene rings is 3. The van der Waals surface area contributed by atoms with E-state index in [2.05, 4.69) is 15.2 Å². The highest BCUT2D eigenvalue weighted by Crippen LogP contribution is 2.48. The number of fused-ring (bicyclic) bond motifs is 4. The van der Waals surface area contributed by atoms with Crippen molar-refractivity contribution in [3.05, 3.63) is 114 Å². The molecule has 9 heteroatoms. The van der Waals surface area contributed by atoms with Crippen LogP contribution in [0.25, 0.3) is 5.82 Å². The van der Waals surface area contributed by atoms with Gasteiger partial charge in [0.05, 0.1) is 30.2 Å². The molecule has 2 aromatic heterocycles. The van der Waals surface area contributed by atoms with Crippen LogP contribution >= 0.6 is 0 Å². The SMILES string of the molecule is COc1cccc(NC2=Nc3ccccc3N3C2=Nc2c(c(C)nn2-c2ccccn2)[C@H]3c2cccc(O)c2)c1. The zero-order valence-corrected chi connectivity index (χ0v) is 21.9. The summed E-state index contributed by atoms with van der Waals surface area (Å²) in [5.41, 5.74) is 5.16. The van der Waals surface area contributed by atoms with E-state index in [4.69, 9.17) is 19.8 Å². The summed E-state index contributed by atoms with van der Waals surface area (Å²) < 4.78 is 7.22. The molecule has 40 heavy (non-hydrogen) atoms. The number of phenols is 1. The van der Waals surface area contributed by atoms with E-state index in [9.17, 15) is 5.11 Å². The van der Waals surface area contributed by atoms with Gasteiger partial charge < -0.3 is 20.1 Å². The van der Waals surface area contributed by atoms with Gasteiger partial charge in [-0.05, 0) is 61.0 Å². The summed E-state index contributed by atoms with van der Waals surface area (Å²) in [7, 11) is 1.64. The molecule has 0 spiro atoms. The van der Waals surface area contributed by atoms with Crippen LogP contribution in [-0.2, 0) is 0 Å². The molecule has 7 rings (SSSR count). The van der Waals surface area contributed by atoms with E-state index in [1.807, 2.05) is 85.8 Å². The Morgan fingerprint density at radius 2 is 1.75 bits per heavy atom. The lowest BCUT2D eigenvalue weighted by Gasteiger charge is -2.40. The van der Waals surface area contributed by atoms with E-state index in [0.29, 0.717) is 23.3 Å². The first-order valence-electron chi connectivity index (χ1n) is 12.9. The third kappa shape index (κ3) is 3.87. The lowest BCUT2D eigenvalue weighted by atomic mass is 9.93. The first-order chi connectivity index (χ1) is 19.6. The van der Waals surface area contributed by atoms with E-state index >= 15 is 0 Å². The van der Waals surface area contributed by atoms with Crippen molar-refractivity contribution in [2.75, 3.05) is 17.3 Å². The Hall–Kier alpha value is -5.44. The smallest absolute Gasteiger partial charge is 0.179 e. The van der Waals surface area contributed by atoms with Gasteiger partial charge in [-0.1, -0.05) is 36.4 Å². The quantitative estimate of drug-likeness (QED) is 0.294. The molecular formula is C31H25N7O2. The number of aryl methyl sites for hydroxylation is 1. The number of rotatable bonds is 4. The van der Waals surface area contributed by atoms with Crippen molar-refractivity contribution in [3.63, 3.8) is 0 Å². The number of nitrogens with zero attached hydrogens (tertiary/aromatic N) is 6. The number of aliphatic imine (C=N–C) groups is 2. The first kappa shape index (κ1) is 23.7.